The van der Waals surface area contributed by atoms with Crippen molar-refractivity contribution < 1.29 is 0 Å². The predicted molar refractivity (Wildman–Crippen MR) is 84.1 cm³/mol. The van der Waals surface area contributed by atoms with Gasteiger partial charge in [0, 0.05) is 5.69 Å². The average molecular weight is 284 g/mol. The van der Waals surface area contributed by atoms with Gasteiger partial charge in [-0.05, 0) is 30.2 Å². The lowest BCUT2D eigenvalue weighted by molar-refractivity contribution is 1.37. The molecule has 4 nitrogen and oxygen atoms in total. The fourth-order valence-corrected chi connectivity index (χ4v) is 1.92. The Hall–Kier alpha value is -3.55. The molecule has 0 aliphatic heterocycles. The molecule has 0 heterocycles. The lowest BCUT2D eigenvalue weighted by Gasteiger charge is -2.07. The van der Waals surface area contributed by atoms with E-state index in [4.69, 9.17) is 15.8 Å². The van der Waals surface area contributed by atoms with Crippen molar-refractivity contribution in [3.63, 3.8) is 0 Å². The van der Waals surface area contributed by atoms with Crippen LogP contribution in [0.3, 0.4) is 0 Å². The minimum absolute atomic E-state index is 0.0481. The maximum absolute atomic E-state index is 9.01. The molecule has 0 bridgehead atoms. The molecular weight excluding hydrogens is 272 g/mol. The fraction of sp³-hybridized carbons (Fsp3) is 0.0556. The second kappa shape index (κ2) is 6.75. The van der Waals surface area contributed by atoms with Gasteiger partial charge >= 0.3 is 0 Å². The van der Waals surface area contributed by atoms with E-state index in [9.17, 15) is 0 Å². The molecule has 0 saturated carbocycles. The van der Waals surface area contributed by atoms with Crippen LogP contribution in [-0.2, 0) is 0 Å². The van der Waals surface area contributed by atoms with Crippen LogP contribution in [0.15, 0.2) is 59.8 Å². The van der Waals surface area contributed by atoms with Gasteiger partial charge in [0.2, 0.25) is 0 Å². The first-order valence-corrected chi connectivity index (χ1v) is 6.56. The molecule has 0 aliphatic rings. The third-order valence-corrected chi connectivity index (χ3v) is 3.12. The topological polar surface area (TPSA) is 83.4 Å². The summed E-state index contributed by atoms with van der Waals surface area (Å²) < 4.78 is 0. The van der Waals surface area contributed by atoms with Gasteiger partial charge in [-0.2, -0.15) is 15.8 Å². The highest BCUT2D eigenvalue weighted by molar-refractivity contribution is 5.67. The molecular formula is C18H12N4. The number of nitrogens with zero attached hydrogens (tertiary/aromatic N) is 3. The average Bonchev–Trinajstić information content (AvgIpc) is 2.56. The standard InChI is InChI=1S/C18H12N4/c1-13-2-4-14(5-3-13)15-6-8-17(9-7-15)22-18(12-21)16(10-19)11-20/h2-9,22H,1H3. The van der Waals surface area contributed by atoms with Gasteiger partial charge in [-0.3, -0.25) is 0 Å². The maximum Gasteiger partial charge on any atom is 0.163 e. The molecule has 4 heteroatoms. The van der Waals surface area contributed by atoms with Crippen molar-refractivity contribution in [1.82, 2.24) is 0 Å². The Kier molecular flexibility index (Phi) is 4.56. The van der Waals surface area contributed by atoms with Crippen LogP contribution in [-0.4, -0.2) is 0 Å². The summed E-state index contributed by atoms with van der Waals surface area (Å²) in [5.41, 5.74) is 3.72. The Labute approximate surface area is 129 Å². The third kappa shape index (κ3) is 3.31. The van der Waals surface area contributed by atoms with Gasteiger partial charge in [0.25, 0.3) is 0 Å². The number of rotatable bonds is 3. The second-order valence-corrected chi connectivity index (χ2v) is 4.65. The number of anilines is 1. The van der Waals surface area contributed by atoms with Crippen molar-refractivity contribution in [2.24, 2.45) is 0 Å². The molecule has 0 saturated heterocycles. The van der Waals surface area contributed by atoms with Crippen LogP contribution in [0.2, 0.25) is 0 Å². The minimum Gasteiger partial charge on any atom is -0.345 e. The molecule has 0 spiro atoms. The lowest BCUT2D eigenvalue weighted by atomic mass is 10.0. The highest BCUT2D eigenvalue weighted by Gasteiger charge is 2.06. The molecule has 0 aromatic heterocycles. The SMILES string of the molecule is Cc1ccc(-c2ccc(NC(C#N)=C(C#N)C#N)cc2)cc1. The normalized spacial score (nSPS) is 9.00. The van der Waals surface area contributed by atoms with E-state index >= 15 is 0 Å². The van der Waals surface area contributed by atoms with Crippen LogP contribution in [0.4, 0.5) is 5.69 Å². The van der Waals surface area contributed by atoms with Crippen LogP contribution in [0.25, 0.3) is 11.1 Å². The summed E-state index contributed by atoms with van der Waals surface area (Å²) in [4.78, 5) is 0. The zero-order valence-electron chi connectivity index (χ0n) is 12.0. The number of allylic oxidation sites excluding steroid dienone is 2. The first-order chi connectivity index (χ1) is 10.7. The van der Waals surface area contributed by atoms with Crippen molar-refractivity contribution in [2.45, 2.75) is 6.92 Å². The number of aryl methyl sites for hydroxylation is 1. The quantitative estimate of drug-likeness (QED) is 0.866. The fourth-order valence-electron chi connectivity index (χ4n) is 1.92. The van der Waals surface area contributed by atoms with Crippen molar-refractivity contribution >= 4 is 5.69 Å². The predicted octanol–water partition coefficient (Wildman–Crippen LogP) is 3.90. The van der Waals surface area contributed by atoms with E-state index in [1.165, 1.54) is 5.56 Å². The zero-order valence-corrected chi connectivity index (χ0v) is 12.0. The van der Waals surface area contributed by atoms with Crippen molar-refractivity contribution in [2.75, 3.05) is 5.32 Å². The molecule has 22 heavy (non-hydrogen) atoms. The van der Waals surface area contributed by atoms with Gasteiger partial charge in [-0.1, -0.05) is 42.0 Å². The molecule has 2 rings (SSSR count). The Morgan fingerprint density at radius 3 is 1.73 bits per heavy atom. The van der Waals surface area contributed by atoms with E-state index < -0.39 is 0 Å². The first-order valence-electron chi connectivity index (χ1n) is 6.56. The number of nitrogens with one attached hydrogen (secondary N) is 1. The van der Waals surface area contributed by atoms with Crippen molar-refractivity contribution in [1.29, 1.82) is 15.8 Å². The van der Waals surface area contributed by atoms with Crippen LogP contribution in [0, 0.1) is 40.9 Å². The molecule has 0 atom stereocenters. The van der Waals surface area contributed by atoms with E-state index in [0.29, 0.717) is 5.69 Å². The number of hydrogen-bond donors (Lipinski definition) is 1. The molecule has 0 unspecified atom stereocenters. The van der Waals surface area contributed by atoms with Gasteiger partial charge in [0.1, 0.15) is 23.9 Å². The van der Waals surface area contributed by atoms with E-state index in [1.54, 1.807) is 24.3 Å². The van der Waals surface area contributed by atoms with Gasteiger partial charge in [-0.15, -0.1) is 0 Å². The summed E-state index contributed by atoms with van der Waals surface area (Å²) >= 11 is 0. The molecule has 0 amide bonds. The van der Waals surface area contributed by atoms with E-state index in [-0.39, 0.29) is 11.3 Å². The molecule has 1 N–H and O–H groups in total. The highest BCUT2D eigenvalue weighted by Crippen LogP contribution is 2.22. The summed E-state index contributed by atoms with van der Waals surface area (Å²) in [5.74, 6) is 0. The summed E-state index contributed by atoms with van der Waals surface area (Å²) in [5, 5.41) is 29.4. The molecule has 2 aromatic carbocycles. The number of benzene rings is 2. The summed E-state index contributed by atoms with van der Waals surface area (Å²) in [6.45, 7) is 2.04. The molecule has 104 valence electrons. The zero-order chi connectivity index (χ0) is 15.9. The van der Waals surface area contributed by atoms with Crippen molar-refractivity contribution in [3.05, 3.63) is 65.4 Å². The Bertz CT molecular complexity index is 807. The monoisotopic (exact) mass is 284 g/mol. The summed E-state index contributed by atoms with van der Waals surface area (Å²) in [7, 11) is 0. The van der Waals surface area contributed by atoms with E-state index in [2.05, 4.69) is 5.32 Å². The number of hydrogen-bond acceptors (Lipinski definition) is 4. The van der Waals surface area contributed by atoms with Gasteiger partial charge in [0.15, 0.2) is 5.57 Å². The summed E-state index contributed by atoms with van der Waals surface area (Å²) in [6, 6.07) is 20.8. The third-order valence-electron chi connectivity index (χ3n) is 3.12. The van der Waals surface area contributed by atoms with Crippen LogP contribution < -0.4 is 5.32 Å². The largest absolute Gasteiger partial charge is 0.345 e. The van der Waals surface area contributed by atoms with Crippen molar-refractivity contribution in [3.8, 4) is 29.3 Å². The first kappa shape index (κ1) is 14.9. The van der Waals surface area contributed by atoms with Gasteiger partial charge < -0.3 is 5.32 Å². The Balaban J connectivity index is 2.25. The minimum atomic E-state index is -0.231. The second-order valence-electron chi connectivity index (χ2n) is 4.65. The van der Waals surface area contributed by atoms with Crippen LogP contribution in [0.5, 0.6) is 0 Å². The molecule has 0 radical (unpaired) electrons. The Morgan fingerprint density at radius 2 is 1.27 bits per heavy atom. The lowest BCUT2D eigenvalue weighted by Crippen LogP contribution is -2.00. The molecule has 0 fully saturated rings. The van der Waals surface area contributed by atoms with Gasteiger partial charge in [-0.25, -0.2) is 0 Å². The smallest absolute Gasteiger partial charge is 0.163 e. The number of nitriles is 3. The van der Waals surface area contributed by atoms with Crippen LogP contribution >= 0.6 is 0 Å². The molecule has 0 aliphatic carbocycles. The maximum atomic E-state index is 9.01. The van der Waals surface area contributed by atoms with Gasteiger partial charge in [0.05, 0.1) is 0 Å². The van der Waals surface area contributed by atoms with E-state index in [1.807, 2.05) is 49.4 Å². The highest BCUT2D eigenvalue weighted by atomic mass is 14.9. The summed E-state index contributed by atoms with van der Waals surface area (Å²) in [6.07, 6.45) is 0. The van der Waals surface area contributed by atoms with Crippen LogP contribution in [0.1, 0.15) is 5.56 Å². The molecule has 2 aromatic rings. The van der Waals surface area contributed by atoms with E-state index in [0.717, 1.165) is 11.1 Å². The Morgan fingerprint density at radius 1 is 0.773 bits per heavy atom.